The summed E-state index contributed by atoms with van der Waals surface area (Å²) in [6.45, 7) is 3.80. The molecule has 1 fully saturated rings. The molecule has 0 unspecified atom stereocenters. The Kier molecular flexibility index (Phi) is 8.95. The van der Waals surface area contributed by atoms with Crippen molar-refractivity contribution in [1.82, 2.24) is 15.4 Å². The molecule has 210 valence electrons. The summed E-state index contributed by atoms with van der Waals surface area (Å²) >= 11 is 0. The van der Waals surface area contributed by atoms with Crippen LogP contribution in [0.5, 0.6) is 11.5 Å². The maximum atomic E-state index is 13.6. The van der Waals surface area contributed by atoms with Crippen LogP contribution in [0.15, 0.2) is 47.0 Å². The van der Waals surface area contributed by atoms with Gasteiger partial charge in [-0.2, -0.15) is 13.2 Å². The van der Waals surface area contributed by atoms with Crippen LogP contribution < -0.4 is 19.7 Å². The van der Waals surface area contributed by atoms with Gasteiger partial charge in [0.25, 0.3) is 5.91 Å². The molecule has 0 aliphatic carbocycles. The number of hydrogen-bond donors (Lipinski definition) is 1. The number of ether oxygens (including phenoxy) is 2. The van der Waals surface area contributed by atoms with Crippen LogP contribution in [0.4, 0.5) is 23.2 Å². The minimum atomic E-state index is -4.51. The third kappa shape index (κ3) is 7.41. The van der Waals surface area contributed by atoms with Gasteiger partial charge < -0.3 is 24.2 Å². The van der Waals surface area contributed by atoms with Gasteiger partial charge in [0, 0.05) is 44.4 Å². The first-order valence-electron chi connectivity index (χ1n) is 12.5. The second-order valence-corrected chi connectivity index (χ2v) is 9.14. The van der Waals surface area contributed by atoms with Gasteiger partial charge in [-0.05, 0) is 56.3 Å². The largest absolute Gasteiger partial charge is 0.497 e. The molecule has 1 N–H and O–H groups in total. The molecule has 8 nitrogen and oxygen atoms in total. The van der Waals surface area contributed by atoms with Crippen molar-refractivity contribution in [2.45, 2.75) is 19.5 Å². The first kappa shape index (κ1) is 28.2. The predicted octanol–water partition coefficient (Wildman–Crippen LogP) is 4.68. The molecule has 0 spiro atoms. The number of hydrogen-bond acceptors (Lipinski definition) is 7. The number of aryl methyl sites for hydroxylation is 1. The lowest BCUT2D eigenvalue weighted by molar-refractivity contribution is -0.153. The number of alkyl halides is 3. The van der Waals surface area contributed by atoms with Gasteiger partial charge in [0.2, 0.25) is 0 Å². The van der Waals surface area contributed by atoms with Crippen LogP contribution in [0.2, 0.25) is 0 Å². The Hall–Kier alpha value is -3.80. The summed E-state index contributed by atoms with van der Waals surface area (Å²) in [7, 11) is 1.58. The quantitative estimate of drug-likeness (QED) is 0.290. The number of carbonyl (C=O) groups is 1. The van der Waals surface area contributed by atoms with Gasteiger partial charge in [0.15, 0.2) is 6.61 Å². The van der Waals surface area contributed by atoms with Crippen LogP contribution in [0.3, 0.4) is 0 Å². The summed E-state index contributed by atoms with van der Waals surface area (Å²) in [5.74, 6) is 0.0650. The summed E-state index contributed by atoms with van der Waals surface area (Å²) < 4.78 is 66.8. The fourth-order valence-corrected chi connectivity index (χ4v) is 4.42. The zero-order valence-electron chi connectivity index (χ0n) is 21.7. The normalized spacial score (nSPS) is 14.4. The van der Waals surface area contributed by atoms with Crippen molar-refractivity contribution in [1.29, 1.82) is 0 Å². The van der Waals surface area contributed by atoms with Crippen molar-refractivity contribution in [3.8, 4) is 22.8 Å². The molecule has 12 heteroatoms. The zero-order chi connectivity index (χ0) is 28.0. The van der Waals surface area contributed by atoms with Gasteiger partial charge in [-0.25, -0.2) is 4.39 Å². The number of nitrogens with zero attached hydrogens (tertiary/aromatic N) is 3. The highest BCUT2D eigenvalue weighted by atomic mass is 19.4. The van der Waals surface area contributed by atoms with Crippen LogP contribution in [-0.2, 0) is 0 Å². The highest BCUT2D eigenvalue weighted by Crippen LogP contribution is 2.32. The molecule has 0 bridgehead atoms. The lowest BCUT2D eigenvalue weighted by atomic mass is 10.1. The first-order valence-corrected chi connectivity index (χ1v) is 12.5. The SMILES string of the molecule is COc1ccc(-c2noc(C)c2C(=O)NCCCN2CCN(c3ccc(F)cc3OCC(F)(F)F)CC2)cc1. The van der Waals surface area contributed by atoms with Gasteiger partial charge in [-0.15, -0.1) is 0 Å². The van der Waals surface area contributed by atoms with Crippen molar-refractivity contribution in [3.63, 3.8) is 0 Å². The highest BCUT2D eigenvalue weighted by Gasteiger charge is 2.30. The van der Waals surface area contributed by atoms with Crippen molar-refractivity contribution in [2.24, 2.45) is 0 Å². The number of rotatable bonds is 10. The summed E-state index contributed by atoms with van der Waals surface area (Å²) in [5, 5.41) is 6.98. The first-order chi connectivity index (χ1) is 18.6. The smallest absolute Gasteiger partial charge is 0.422 e. The Morgan fingerprint density at radius 1 is 1.10 bits per heavy atom. The van der Waals surface area contributed by atoms with Crippen LogP contribution in [0.1, 0.15) is 22.5 Å². The van der Waals surface area contributed by atoms with Gasteiger partial charge in [0.05, 0.1) is 12.8 Å². The minimum absolute atomic E-state index is 0.124. The van der Waals surface area contributed by atoms with E-state index in [2.05, 4.69) is 15.4 Å². The van der Waals surface area contributed by atoms with Gasteiger partial charge in [-0.1, -0.05) is 5.16 Å². The fourth-order valence-electron chi connectivity index (χ4n) is 4.42. The Morgan fingerprint density at radius 3 is 2.49 bits per heavy atom. The van der Waals surface area contributed by atoms with Crippen molar-refractivity contribution < 1.29 is 36.4 Å². The maximum absolute atomic E-state index is 13.6. The average Bonchev–Trinajstić information content (AvgIpc) is 3.31. The number of anilines is 1. The van der Waals surface area contributed by atoms with E-state index in [0.29, 0.717) is 67.6 Å². The van der Waals surface area contributed by atoms with Crippen LogP contribution >= 0.6 is 0 Å². The number of benzene rings is 2. The monoisotopic (exact) mass is 550 g/mol. The standard InChI is InChI=1S/C27H30F4N4O4/c1-18-24(25(33-39-18)19-4-7-21(37-2)8-5-19)26(36)32-10-3-11-34-12-14-35(15-13-34)22-9-6-20(28)16-23(22)38-17-27(29,30)31/h4-9,16H,3,10-15,17H2,1-2H3,(H,32,36). The third-order valence-corrected chi connectivity index (χ3v) is 6.42. The molecule has 4 rings (SSSR count). The molecule has 1 saturated heterocycles. The number of nitrogens with one attached hydrogen (secondary N) is 1. The molecular weight excluding hydrogens is 520 g/mol. The zero-order valence-corrected chi connectivity index (χ0v) is 21.7. The Morgan fingerprint density at radius 2 is 1.82 bits per heavy atom. The van der Waals surface area contributed by atoms with E-state index in [0.717, 1.165) is 18.2 Å². The molecule has 1 aliphatic heterocycles. The van der Waals surface area contributed by atoms with E-state index >= 15 is 0 Å². The average molecular weight is 551 g/mol. The molecule has 2 heterocycles. The number of aromatic nitrogens is 1. The molecule has 3 aromatic rings. The van der Waals surface area contributed by atoms with Gasteiger partial charge >= 0.3 is 6.18 Å². The lowest BCUT2D eigenvalue weighted by Gasteiger charge is -2.36. The van der Waals surface area contributed by atoms with Crippen molar-refractivity contribution >= 4 is 11.6 Å². The summed E-state index contributed by atoms with van der Waals surface area (Å²) in [5.41, 5.74) is 2.02. The van der Waals surface area contributed by atoms with Gasteiger partial charge in [0.1, 0.15) is 34.3 Å². The molecule has 39 heavy (non-hydrogen) atoms. The van der Waals surface area contributed by atoms with Crippen LogP contribution in [0.25, 0.3) is 11.3 Å². The van der Waals surface area contributed by atoms with E-state index in [9.17, 15) is 22.4 Å². The summed E-state index contributed by atoms with van der Waals surface area (Å²) in [6, 6.07) is 10.8. The topological polar surface area (TPSA) is 80.1 Å². The molecule has 0 atom stereocenters. The van der Waals surface area contributed by atoms with E-state index in [-0.39, 0.29) is 11.7 Å². The lowest BCUT2D eigenvalue weighted by Crippen LogP contribution is -2.47. The Balaban J connectivity index is 1.25. The van der Waals surface area contributed by atoms with Crippen molar-refractivity contribution in [3.05, 3.63) is 59.6 Å². The fraction of sp³-hybridized carbons (Fsp3) is 0.407. The number of piperazine rings is 1. The number of amides is 1. The maximum Gasteiger partial charge on any atom is 0.422 e. The van der Waals surface area contributed by atoms with E-state index in [1.165, 1.54) is 12.1 Å². The second kappa shape index (κ2) is 12.4. The van der Waals surface area contributed by atoms with E-state index in [4.69, 9.17) is 14.0 Å². The van der Waals surface area contributed by atoms with Crippen molar-refractivity contribution in [2.75, 3.05) is 57.9 Å². The van der Waals surface area contributed by atoms with Crippen LogP contribution in [0, 0.1) is 12.7 Å². The Bertz CT molecular complexity index is 1260. The van der Waals surface area contributed by atoms with Gasteiger partial charge in [-0.3, -0.25) is 9.69 Å². The summed E-state index contributed by atoms with van der Waals surface area (Å²) in [4.78, 5) is 17.0. The second-order valence-electron chi connectivity index (χ2n) is 9.14. The molecular formula is C27H30F4N4O4. The number of methoxy groups -OCH3 is 1. The molecule has 0 saturated carbocycles. The van der Waals surface area contributed by atoms with E-state index < -0.39 is 18.6 Å². The van der Waals surface area contributed by atoms with E-state index in [1.54, 1.807) is 26.2 Å². The molecule has 1 aromatic heterocycles. The number of halogens is 4. The molecule has 1 amide bonds. The molecule has 0 radical (unpaired) electrons. The van der Waals surface area contributed by atoms with E-state index in [1.807, 2.05) is 17.0 Å². The Labute approximate surface area is 223 Å². The minimum Gasteiger partial charge on any atom is -0.497 e. The highest BCUT2D eigenvalue weighted by molar-refractivity contribution is 6.00. The number of carbonyl (C=O) groups excluding carboxylic acids is 1. The molecule has 2 aromatic carbocycles. The van der Waals surface area contributed by atoms with Crippen LogP contribution in [-0.4, -0.2) is 75.1 Å². The summed E-state index contributed by atoms with van der Waals surface area (Å²) in [6.07, 6.45) is -3.81. The molecule has 1 aliphatic rings. The third-order valence-electron chi connectivity index (χ3n) is 6.42. The predicted molar refractivity (Wildman–Crippen MR) is 137 cm³/mol.